The summed E-state index contributed by atoms with van der Waals surface area (Å²) in [6.45, 7) is 3.50. The second-order valence-electron chi connectivity index (χ2n) is 7.87. The Morgan fingerprint density at radius 3 is 2.97 bits per heavy atom. The van der Waals surface area contributed by atoms with Crippen molar-refractivity contribution in [3.05, 3.63) is 69.1 Å². The Labute approximate surface area is 190 Å². The number of hydrogen-bond acceptors (Lipinski definition) is 6. The fraction of sp³-hybridized carbons (Fsp3) is 0.300. The SMILES string of the molecule is CC(C)(O)c1nc(Br)c(C(=O)N2CCc3[nH]cnc3[C@H]2c2cc3c(Cl)cccn3n2)o1. The molecule has 1 aliphatic heterocycles. The van der Waals surface area contributed by atoms with E-state index in [4.69, 9.17) is 16.0 Å². The molecule has 0 saturated heterocycles. The number of aromatic nitrogens is 5. The maximum absolute atomic E-state index is 13.5. The van der Waals surface area contributed by atoms with Gasteiger partial charge in [0, 0.05) is 24.9 Å². The van der Waals surface area contributed by atoms with Crippen molar-refractivity contribution in [2.45, 2.75) is 31.9 Å². The van der Waals surface area contributed by atoms with E-state index in [1.165, 1.54) is 0 Å². The van der Waals surface area contributed by atoms with E-state index in [0.29, 0.717) is 23.7 Å². The number of imidazole rings is 1. The number of aromatic amines is 1. The molecule has 2 N–H and O–H groups in total. The third-order valence-corrected chi connectivity index (χ3v) is 6.10. The molecular formula is C20H18BrClN6O3. The summed E-state index contributed by atoms with van der Waals surface area (Å²) in [6.07, 6.45) is 4.02. The number of aliphatic hydroxyl groups is 1. The number of halogens is 2. The molecule has 0 bridgehead atoms. The summed E-state index contributed by atoms with van der Waals surface area (Å²) < 4.78 is 7.57. The van der Waals surface area contributed by atoms with Crippen molar-refractivity contribution in [2.24, 2.45) is 0 Å². The molecule has 0 radical (unpaired) electrons. The van der Waals surface area contributed by atoms with Gasteiger partial charge in [-0.1, -0.05) is 11.6 Å². The van der Waals surface area contributed by atoms with Gasteiger partial charge in [0.2, 0.25) is 11.7 Å². The number of amides is 1. The molecule has 4 aromatic rings. The van der Waals surface area contributed by atoms with Crippen molar-refractivity contribution in [3.8, 4) is 0 Å². The number of fused-ring (bicyclic) bond motifs is 2. The number of carbonyl (C=O) groups excluding carboxylic acids is 1. The van der Waals surface area contributed by atoms with Crippen LogP contribution in [0.15, 0.2) is 39.7 Å². The van der Waals surface area contributed by atoms with Gasteiger partial charge in [-0.15, -0.1) is 0 Å². The zero-order chi connectivity index (χ0) is 21.9. The van der Waals surface area contributed by atoms with E-state index >= 15 is 0 Å². The zero-order valence-electron chi connectivity index (χ0n) is 16.6. The van der Waals surface area contributed by atoms with Gasteiger partial charge < -0.3 is 19.4 Å². The van der Waals surface area contributed by atoms with E-state index in [9.17, 15) is 9.90 Å². The van der Waals surface area contributed by atoms with Crippen LogP contribution < -0.4 is 0 Å². The predicted octanol–water partition coefficient (Wildman–Crippen LogP) is 3.48. The fourth-order valence-electron chi connectivity index (χ4n) is 3.75. The van der Waals surface area contributed by atoms with Gasteiger partial charge in [-0.05, 0) is 48.0 Å². The molecule has 31 heavy (non-hydrogen) atoms. The van der Waals surface area contributed by atoms with E-state index in [1.54, 1.807) is 47.9 Å². The molecule has 0 saturated carbocycles. The quantitative estimate of drug-likeness (QED) is 0.441. The molecule has 0 aliphatic carbocycles. The highest BCUT2D eigenvalue weighted by Crippen LogP contribution is 2.36. The zero-order valence-corrected chi connectivity index (χ0v) is 19.0. The lowest BCUT2D eigenvalue weighted by atomic mass is 9.99. The van der Waals surface area contributed by atoms with Gasteiger partial charge in [0.1, 0.15) is 11.6 Å². The summed E-state index contributed by atoms with van der Waals surface area (Å²) in [4.78, 5) is 27.0. The second-order valence-corrected chi connectivity index (χ2v) is 9.03. The molecule has 0 spiro atoms. The molecule has 5 rings (SSSR count). The van der Waals surface area contributed by atoms with Crippen LogP contribution in [0.25, 0.3) is 5.52 Å². The first kappa shape index (κ1) is 20.2. The molecule has 160 valence electrons. The average Bonchev–Trinajstić information content (AvgIpc) is 3.44. The van der Waals surface area contributed by atoms with Crippen LogP contribution in [0.1, 0.15) is 53.4 Å². The van der Waals surface area contributed by atoms with E-state index in [-0.39, 0.29) is 22.2 Å². The van der Waals surface area contributed by atoms with E-state index in [1.807, 2.05) is 6.07 Å². The first-order chi connectivity index (χ1) is 14.7. The van der Waals surface area contributed by atoms with Crippen LogP contribution in [-0.2, 0) is 12.0 Å². The number of carbonyl (C=O) groups is 1. The minimum atomic E-state index is -1.32. The number of nitrogens with one attached hydrogen (secondary N) is 1. The van der Waals surface area contributed by atoms with Crippen molar-refractivity contribution in [1.82, 2.24) is 29.5 Å². The first-order valence-corrected chi connectivity index (χ1v) is 10.8. The molecule has 11 heteroatoms. The normalized spacial score (nSPS) is 16.7. The lowest BCUT2D eigenvalue weighted by Crippen LogP contribution is -2.41. The fourth-order valence-corrected chi connectivity index (χ4v) is 4.38. The van der Waals surface area contributed by atoms with Crippen molar-refractivity contribution < 1.29 is 14.3 Å². The Morgan fingerprint density at radius 1 is 1.45 bits per heavy atom. The standard InChI is InChI=1S/C20H18BrClN6O3/c1-20(2,30)19-25-17(21)16(31-19)18(29)27-7-5-11-14(24-9-23-11)15(27)12-8-13-10(22)4-3-6-28(13)26-12/h3-4,6,8-9,15,30H,5,7H2,1-2H3,(H,23,24)/t15-/m1/s1. The maximum Gasteiger partial charge on any atom is 0.293 e. The van der Waals surface area contributed by atoms with Crippen LogP contribution in [-0.4, -0.2) is 47.0 Å². The summed E-state index contributed by atoms with van der Waals surface area (Å²) in [5.41, 5.74) is 1.71. The molecule has 9 nitrogen and oxygen atoms in total. The third-order valence-electron chi connectivity index (χ3n) is 5.24. The summed E-state index contributed by atoms with van der Waals surface area (Å²) in [5, 5.41) is 15.4. The molecule has 1 atom stereocenters. The van der Waals surface area contributed by atoms with Crippen LogP contribution in [0.2, 0.25) is 5.02 Å². The van der Waals surface area contributed by atoms with Gasteiger partial charge in [0.25, 0.3) is 5.91 Å². The minimum absolute atomic E-state index is 0.0166. The smallest absolute Gasteiger partial charge is 0.293 e. The van der Waals surface area contributed by atoms with Crippen molar-refractivity contribution in [1.29, 1.82) is 0 Å². The summed E-state index contributed by atoms with van der Waals surface area (Å²) in [6, 6.07) is 4.91. The molecule has 0 aromatic carbocycles. The van der Waals surface area contributed by atoms with Gasteiger partial charge in [-0.3, -0.25) is 4.79 Å². The van der Waals surface area contributed by atoms with Crippen LogP contribution >= 0.6 is 27.5 Å². The number of pyridine rings is 1. The largest absolute Gasteiger partial charge is 0.431 e. The second kappa shape index (κ2) is 7.18. The van der Waals surface area contributed by atoms with E-state index in [0.717, 1.165) is 16.9 Å². The Morgan fingerprint density at radius 2 is 2.26 bits per heavy atom. The van der Waals surface area contributed by atoms with Crippen LogP contribution in [0, 0.1) is 0 Å². The maximum atomic E-state index is 13.5. The van der Waals surface area contributed by atoms with E-state index in [2.05, 4.69) is 36.0 Å². The summed E-state index contributed by atoms with van der Waals surface area (Å²) >= 11 is 9.63. The van der Waals surface area contributed by atoms with Crippen molar-refractivity contribution >= 4 is 39.0 Å². The van der Waals surface area contributed by atoms with Crippen LogP contribution in [0.4, 0.5) is 0 Å². The highest BCUT2D eigenvalue weighted by atomic mass is 79.9. The van der Waals surface area contributed by atoms with E-state index < -0.39 is 11.6 Å². The lowest BCUT2D eigenvalue weighted by Gasteiger charge is -2.33. The molecule has 5 heterocycles. The van der Waals surface area contributed by atoms with Gasteiger partial charge in [0.05, 0.1) is 28.3 Å². The molecule has 1 amide bonds. The molecule has 0 fully saturated rings. The number of oxazole rings is 1. The Hall–Kier alpha value is -2.69. The summed E-state index contributed by atoms with van der Waals surface area (Å²) in [7, 11) is 0. The Kier molecular flexibility index (Phi) is 4.68. The highest BCUT2D eigenvalue weighted by molar-refractivity contribution is 9.10. The molecule has 1 aliphatic rings. The average molecular weight is 506 g/mol. The third kappa shape index (κ3) is 3.35. The lowest BCUT2D eigenvalue weighted by molar-refractivity contribution is 0.0440. The molecule has 4 aromatic heterocycles. The summed E-state index contributed by atoms with van der Waals surface area (Å²) in [5.74, 6) is -0.309. The highest BCUT2D eigenvalue weighted by Gasteiger charge is 2.39. The van der Waals surface area contributed by atoms with Crippen molar-refractivity contribution in [2.75, 3.05) is 6.54 Å². The Bertz CT molecular complexity index is 1300. The van der Waals surface area contributed by atoms with Crippen molar-refractivity contribution in [3.63, 3.8) is 0 Å². The number of rotatable bonds is 3. The minimum Gasteiger partial charge on any atom is -0.431 e. The van der Waals surface area contributed by atoms with Crippen LogP contribution in [0.3, 0.4) is 0 Å². The molecule has 0 unspecified atom stereocenters. The topological polar surface area (TPSA) is 113 Å². The van der Waals surface area contributed by atoms with Gasteiger partial charge >= 0.3 is 0 Å². The van der Waals surface area contributed by atoms with Gasteiger partial charge in [0.15, 0.2) is 4.60 Å². The molecular weight excluding hydrogens is 488 g/mol. The predicted molar refractivity (Wildman–Crippen MR) is 115 cm³/mol. The first-order valence-electron chi connectivity index (χ1n) is 9.60. The number of nitrogens with zero attached hydrogens (tertiary/aromatic N) is 5. The van der Waals surface area contributed by atoms with Crippen LogP contribution in [0.5, 0.6) is 0 Å². The monoisotopic (exact) mass is 504 g/mol. The Balaban J connectivity index is 1.61. The number of H-pyrrole nitrogens is 1. The van der Waals surface area contributed by atoms with Gasteiger partial charge in [-0.2, -0.15) is 5.10 Å². The van der Waals surface area contributed by atoms with Gasteiger partial charge in [-0.25, -0.2) is 14.5 Å². The number of hydrogen-bond donors (Lipinski definition) is 2.